The van der Waals surface area contributed by atoms with Crippen LogP contribution in [0.4, 0.5) is 18.0 Å². The van der Waals surface area contributed by atoms with Crippen molar-refractivity contribution in [3.63, 3.8) is 0 Å². The van der Waals surface area contributed by atoms with Crippen LogP contribution in [0.2, 0.25) is 0 Å². The Hall–Kier alpha value is -3.57. The van der Waals surface area contributed by atoms with Crippen LogP contribution in [0.25, 0.3) is 11.4 Å². The van der Waals surface area contributed by atoms with E-state index in [1.165, 1.54) is 9.47 Å². The molecule has 2 aromatic rings. The maximum atomic E-state index is 14.7. The van der Waals surface area contributed by atoms with Gasteiger partial charge in [0.05, 0.1) is 17.8 Å². The second kappa shape index (κ2) is 10.1. The molecule has 0 aliphatic carbocycles. The van der Waals surface area contributed by atoms with Gasteiger partial charge in [-0.2, -0.15) is 0 Å². The third kappa shape index (κ3) is 6.23. The molecular weight excluding hydrogens is 493 g/mol. The topological polar surface area (TPSA) is 114 Å². The largest absolute Gasteiger partial charge is 0.480 e. The van der Waals surface area contributed by atoms with Gasteiger partial charge in [0.15, 0.2) is 17.3 Å². The van der Waals surface area contributed by atoms with Crippen LogP contribution in [-0.2, 0) is 22.6 Å². The zero-order valence-electron chi connectivity index (χ0n) is 21.6. The first-order valence-corrected chi connectivity index (χ1v) is 11.8. The highest BCUT2D eigenvalue weighted by Gasteiger charge is 2.36. The molecule has 1 aliphatic rings. The van der Waals surface area contributed by atoms with Gasteiger partial charge in [-0.25, -0.2) is 27.7 Å². The van der Waals surface area contributed by atoms with Crippen molar-refractivity contribution in [3.8, 4) is 11.4 Å². The molecule has 2 N–H and O–H groups in total. The number of fused-ring (bicyclic) bond motifs is 1. The summed E-state index contributed by atoms with van der Waals surface area (Å²) >= 11 is 0. The minimum Gasteiger partial charge on any atom is -0.480 e. The number of carbonyl (C=O) groups is 3. The molecule has 1 atom stereocenters. The fourth-order valence-electron chi connectivity index (χ4n) is 3.98. The zero-order valence-corrected chi connectivity index (χ0v) is 21.6. The molecule has 1 aliphatic heterocycles. The van der Waals surface area contributed by atoms with Gasteiger partial charge in [0.25, 0.3) is 5.91 Å². The van der Waals surface area contributed by atoms with Crippen molar-refractivity contribution in [1.29, 1.82) is 0 Å². The lowest BCUT2D eigenvalue weighted by molar-refractivity contribution is -0.142. The summed E-state index contributed by atoms with van der Waals surface area (Å²) in [4.78, 5) is 43.6. The Morgan fingerprint density at radius 3 is 2.22 bits per heavy atom. The van der Waals surface area contributed by atoms with Gasteiger partial charge < -0.3 is 24.6 Å². The Bertz CT molecular complexity index is 1230. The number of aliphatic carboxylic acids is 1. The number of benzene rings is 1. The first kappa shape index (κ1) is 28.0. The van der Waals surface area contributed by atoms with Gasteiger partial charge in [0.2, 0.25) is 0 Å². The Morgan fingerprint density at radius 2 is 1.65 bits per heavy atom. The van der Waals surface area contributed by atoms with Gasteiger partial charge in [0.1, 0.15) is 23.3 Å². The van der Waals surface area contributed by atoms with E-state index in [2.05, 4.69) is 10.3 Å². The van der Waals surface area contributed by atoms with Gasteiger partial charge >= 0.3 is 12.1 Å². The lowest BCUT2D eigenvalue weighted by Gasteiger charge is -2.28. The number of rotatable bonds is 4. The second-order valence-corrected chi connectivity index (χ2v) is 11.0. The highest BCUT2D eigenvalue weighted by atomic mass is 19.2. The Morgan fingerprint density at radius 1 is 1.03 bits per heavy atom. The van der Waals surface area contributed by atoms with Crippen LogP contribution in [0.1, 0.15) is 64.1 Å². The summed E-state index contributed by atoms with van der Waals surface area (Å²) in [5.41, 5.74) is -2.11. The summed E-state index contributed by atoms with van der Waals surface area (Å²) in [6.07, 6.45) is -0.283. The molecule has 0 unspecified atom stereocenters. The molecule has 1 aromatic heterocycles. The standard InChI is InChI=1S/C25H31F3N4O5/c1-24(2,3)19(22(34)35)30-21(33)18-17-12-31(23(36)37-25(4,5)6)8-7-9-32(17)20(29-18)13-10-15(27)16(28)11-14(13)26/h10-11,19H,7-9,12H2,1-6H3,(H,30,33)(H,34,35)/t19-/m1/s1. The van der Waals surface area contributed by atoms with E-state index in [9.17, 15) is 32.7 Å². The fourth-order valence-corrected chi connectivity index (χ4v) is 3.98. The van der Waals surface area contributed by atoms with Crippen molar-refractivity contribution in [2.45, 2.75) is 72.7 Å². The monoisotopic (exact) mass is 524 g/mol. The van der Waals surface area contributed by atoms with Gasteiger partial charge in [0, 0.05) is 19.2 Å². The summed E-state index contributed by atoms with van der Waals surface area (Å²) in [7, 11) is 0. The normalized spacial score (nSPS) is 15.0. The van der Waals surface area contributed by atoms with Crippen molar-refractivity contribution in [3.05, 3.63) is 41.0 Å². The third-order valence-electron chi connectivity index (χ3n) is 5.73. The van der Waals surface area contributed by atoms with Crippen molar-refractivity contribution in [2.24, 2.45) is 5.41 Å². The molecule has 3 rings (SSSR count). The number of carboxylic acid groups (broad SMARTS) is 1. The molecule has 0 saturated carbocycles. The van der Waals surface area contributed by atoms with Gasteiger partial charge in [-0.3, -0.25) is 4.79 Å². The summed E-state index contributed by atoms with van der Waals surface area (Å²) in [6.45, 7) is 10.2. The van der Waals surface area contributed by atoms with Crippen LogP contribution < -0.4 is 5.32 Å². The number of halogens is 3. The fraction of sp³-hybridized carbons (Fsp3) is 0.520. The van der Waals surface area contributed by atoms with Crippen molar-refractivity contribution in [2.75, 3.05) is 6.54 Å². The molecule has 2 amide bonds. The van der Waals surface area contributed by atoms with Gasteiger partial charge in [-0.1, -0.05) is 20.8 Å². The molecule has 12 heteroatoms. The number of nitrogens with one attached hydrogen (secondary N) is 1. The molecule has 2 heterocycles. The molecule has 202 valence electrons. The Labute approximate surface area is 212 Å². The summed E-state index contributed by atoms with van der Waals surface area (Å²) in [5.74, 6) is -6.06. The van der Waals surface area contributed by atoms with E-state index in [0.29, 0.717) is 18.6 Å². The van der Waals surface area contributed by atoms with E-state index < -0.39 is 52.5 Å². The van der Waals surface area contributed by atoms with Crippen molar-refractivity contribution in [1.82, 2.24) is 19.8 Å². The zero-order chi connectivity index (χ0) is 27.9. The molecule has 1 aromatic carbocycles. The molecular formula is C25H31F3N4O5. The van der Waals surface area contributed by atoms with Crippen LogP contribution in [-0.4, -0.2) is 55.7 Å². The molecule has 0 radical (unpaired) electrons. The van der Waals surface area contributed by atoms with Gasteiger partial charge in [-0.05, 0) is 38.7 Å². The number of nitrogens with zero attached hydrogens (tertiary/aromatic N) is 3. The molecule has 0 spiro atoms. The number of aromatic nitrogens is 2. The van der Waals surface area contributed by atoms with Crippen molar-refractivity contribution >= 4 is 18.0 Å². The quantitative estimate of drug-likeness (QED) is 0.576. The second-order valence-electron chi connectivity index (χ2n) is 11.0. The summed E-state index contributed by atoms with van der Waals surface area (Å²) in [6, 6.07) is -0.266. The highest BCUT2D eigenvalue weighted by molar-refractivity contribution is 5.97. The molecule has 9 nitrogen and oxygen atoms in total. The van der Waals surface area contributed by atoms with Gasteiger partial charge in [-0.15, -0.1) is 0 Å². The predicted molar refractivity (Wildman–Crippen MR) is 127 cm³/mol. The Balaban J connectivity index is 2.14. The number of carboxylic acids is 1. The first-order valence-electron chi connectivity index (χ1n) is 11.8. The summed E-state index contributed by atoms with van der Waals surface area (Å²) in [5, 5.41) is 12.1. The molecule has 0 bridgehead atoms. The number of ether oxygens (including phenoxy) is 1. The van der Waals surface area contributed by atoms with Crippen LogP contribution >= 0.6 is 0 Å². The van der Waals surface area contributed by atoms with E-state index in [0.717, 1.165) is 0 Å². The lowest BCUT2D eigenvalue weighted by atomic mass is 9.86. The summed E-state index contributed by atoms with van der Waals surface area (Å²) < 4.78 is 49.3. The molecule has 0 fully saturated rings. The number of imidazole rings is 1. The SMILES string of the molecule is CC(C)(C)OC(=O)N1CCCn2c(-c3cc(F)c(F)cc3F)nc(C(=O)N[C@H](C(=O)O)C(C)(C)C)c2C1. The maximum Gasteiger partial charge on any atom is 0.410 e. The van der Waals surface area contributed by atoms with E-state index in [1.807, 2.05) is 0 Å². The minimum atomic E-state index is -1.38. The van der Waals surface area contributed by atoms with Crippen LogP contribution in [0.5, 0.6) is 0 Å². The van der Waals surface area contributed by atoms with Crippen LogP contribution in [0.15, 0.2) is 12.1 Å². The van der Waals surface area contributed by atoms with E-state index in [4.69, 9.17) is 4.74 Å². The smallest absolute Gasteiger partial charge is 0.410 e. The maximum absolute atomic E-state index is 14.7. The Kier molecular flexibility index (Phi) is 7.62. The van der Waals surface area contributed by atoms with E-state index in [-0.39, 0.29) is 42.4 Å². The van der Waals surface area contributed by atoms with Crippen molar-refractivity contribution < 1.29 is 37.4 Å². The number of amides is 2. The number of carbonyl (C=O) groups excluding carboxylic acids is 2. The number of hydrogen-bond donors (Lipinski definition) is 2. The first-order chi connectivity index (χ1) is 17.0. The number of hydrogen-bond acceptors (Lipinski definition) is 5. The van der Waals surface area contributed by atoms with Crippen LogP contribution in [0.3, 0.4) is 0 Å². The average Bonchev–Trinajstić information content (AvgIpc) is 2.94. The van der Waals surface area contributed by atoms with Crippen LogP contribution in [0, 0.1) is 22.9 Å². The predicted octanol–water partition coefficient (Wildman–Crippen LogP) is 4.34. The lowest BCUT2D eigenvalue weighted by Crippen LogP contribution is -2.49. The third-order valence-corrected chi connectivity index (χ3v) is 5.73. The highest BCUT2D eigenvalue weighted by Crippen LogP contribution is 2.30. The minimum absolute atomic E-state index is 0.148. The van der Waals surface area contributed by atoms with E-state index in [1.54, 1.807) is 41.5 Å². The average molecular weight is 525 g/mol. The molecule has 0 saturated heterocycles. The molecule has 37 heavy (non-hydrogen) atoms. The van der Waals surface area contributed by atoms with E-state index >= 15 is 0 Å².